The average molecular weight is 340 g/mol. The number of fused-ring (bicyclic) bond motifs is 1. The minimum Gasteiger partial charge on any atom is -0.483 e. The van der Waals surface area contributed by atoms with Crippen LogP contribution in [0.2, 0.25) is 5.02 Å². The minimum atomic E-state index is -0.185. The zero-order chi connectivity index (χ0) is 16.9. The Morgan fingerprint density at radius 2 is 1.71 bits per heavy atom. The van der Waals surface area contributed by atoms with Crippen LogP contribution in [0.25, 0.3) is 10.8 Å². The van der Waals surface area contributed by atoms with E-state index in [0.29, 0.717) is 10.8 Å². The molecule has 0 heterocycles. The molecule has 0 aliphatic heterocycles. The summed E-state index contributed by atoms with van der Waals surface area (Å²) in [5, 5.41) is 5.37. The molecule has 0 atom stereocenters. The van der Waals surface area contributed by atoms with Gasteiger partial charge < -0.3 is 10.1 Å². The molecule has 0 saturated carbocycles. The van der Waals surface area contributed by atoms with E-state index in [9.17, 15) is 4.79 Å². The second kappa shape index (κ2) is 7.37. The summed E-state index contributed by atoms with van der Waals surface area (Å²) in [6.07, 6.45) is 0.860. The van der Waals surface area contributed by atoms with Crippen LogP contribution < -0.4 is 10.1 Å². The van der Waals surface area contributed by atoms with Crippen molar-refractivity contribution in [2.75, 3.05) is 11.9 Å². The quantitative estimate of drug-likeness (QED) is 0.704. The van der Waals surface area contributed by atoms with Gasteiger partial charge in [-0.3, -0.25) is 4.79 Å². The van der Waals surface area contributed by atoms with Crippen molar-refractivity contribution >= 4 is 34.0 Å². The van der Waals surface area contributed by atoms with Crippen molar-refractivity contribution in [3.05, 3.63) is 71.2 Å². The topological polar surface area (TPSA) is 38.3 Å². The first-order valence-electron chi connectivity index (χ1n) is 7.87. The maximum Gasteiger partial charge on any atom is 0.262 e. The first kappa shape index (κ1) is 16.3. The Bertz CT molecular complexity index is 876. The monoisotopic (exact) mass is 339 g/mol. The molecule has 0 saturated heterocycles. The van der Waals surface area contributed by atoms with Crippen molar-refractivity contribution in [3.8, 4) is 5.75 Å². The Labute approximate surface area is 146 Å². The Balaban J connectivity index is 1.72. The number of para-hydroxylation sites is 1. The third-order valence-corrected chi connectivity index (χ3v) is 4.19. The van der Waals surface area contributed by atoms with E-state index >= 15 is 0 Å². The molecule has 3 nitrogen and oxygen atoms in total. The number of nitrogens with one attached hydrogen (secondary N) is 1. The summed E-state index contributed by atoms with van der Waals surface area (Å²) < 4.78 is 5.71. The van der Waals surface area contributed by atoms with Crippen LogP contribution in [-0.2, 0) is 11.2 Å². The fourth-order valence-electron chi connectivity index (χ4n) is 2.64. The second-order valence-corrected chi connectivity index (χ2v) is 5.85. The zero-order valence-corrected chi connectivity index (χ0v) is 14.1. The van der Waals surface area contributed by atoms with Crippen LogP contribution in [-0.4, -0.2) is 12.5 Å². The van der Waals surface area contributed by atoms with Gasteiger partial charge in [0.2, 0.25) is 0 Å². The molecule has 0 aliphatic rings. The van der Waals surface area contributed by atoms with E-state index < -0.39 is 0 Å². The average Bonchev–Trinajstić information content (AvgIpc) is 2.62. The molecule has 122 valence electrons. The Morgan fingerprint density at radius 1 is 1.00 bits per heavy atom. The van der Waals surface area contributed by atoms with Crippen molar-refractivity contribution in [1.82, 2.24) is 0 Å². The number of carbonyl (C=O) groups excluding carboxylic acids is 1. The molecule has 0 spiro atoms. The number of ether oxygens (including phenoxy) is 1. The second-order valence-electron chi connectivity index (χ2n) is 5.44. The van der Waals surface area contributed by atoms with Crippen molar-refractivity contribution < 1.29 is 9.53 Å². The molecule has 1 amide bonds. The highest BCUT2D eigenvalue weighted by atomic mass is 35.5. The molecule has 24 heavy (non-hydrogen) atoms. The van der Waals surface area contributed by atoms with Gasteiger partial charge in [0.1, 0.15) is 5.75 Å². The van der Waals surface area contributed by atoms with E-state index in [2.05, 4.69) is 12.2 Å². The molecular weight excluding hydrogens is 322 g/mol. The van der Waals surface area contributed by atoms with Crippen molar-refractivity contribution in [2.24, 2.45) is 0 Å². The van der Waals surface area contributed by atoms with Crippen molar-refractivity contribution in [1.29, 1.82) is 0 Å². The van der Waals surface area contributed by atoms with Gasteiger partial charge in [-0.1, -0.05) is 61.0 Å². The van der Waals surface area contributed by atoms with Crippen LogP contribution in [0.5, 0.6) is 5.75 Å². The lowest BCUT2D eigenvalue weighted by Gasteiger charge is -2.12. The van der Waals surface area contributed by atoms with Crippen LogP contribution >= 0.6 is 11.6 Å². The van der Waals surface area contributed by atoms with Crippen LogP contribution in [0.15, 0.2) is 60.7 Å². The summed E-state index contributed by atoms with van der Waals surface area (Å²) in [6.45, 7) is 2.00. The number of hydrogen-bond acceptors (Lipinski definition) is 2. The molecule has 1 N–H and O–H groups in total. The fraction of sp³-hybridized carbons (Fsp3) is 0.150. The number of benzene rings is 3. The van der Waals surface area contributed by atoms with Crippen LogP contribution in [0.4, 0.5) is 5.69 Å². The molecule has 0 fully saturated rings. The van der Waals surface area contributed by atoms with Gasteiger partial charge in [-0.05, 0) is 30.2 Å². The molecule has 3 aromatic carbocycles. The lowest BCUT2D eigenvalue weighted by Crippen LogP contribution is -2.20. The summed E-state index contributed by atoms with van der Waals surface area (Å²) in [6, 6.07) is 19.0. The summed E-state index contributed by atoms with van der Waals surface area (Å²) in [7, 11) is 0. The molecule has 4 heteroatoms. The summed E-state index contributed by atoms with van der Waals surface area (Å²) >= 11 is 6.20. The molecule has 3 rings (SSSR count). The molecule has 0 aromatic heterocycles. The van der Waals surface area contributed by atoms with Crippen LogP contribution in [0, 0.1) is 0 Å². The highest BCUT2D eigenvalue weighted by molar-refractivity contribution is 6.35. The van der Waals surface area contributed by atoms with Gasteiger partial charge in [-0.2, -0.15) is 0 Å². The number of rotatable bonds is 5. The zero-order valence-electron chi connectivity index (χ0n) is 13.4. The molecular formula is C20H18ClNO2. The Kier molecular flexibility index (Phi) is 5.02. The molecule has 3 aromatic rings. The number of halogens is 1. The first-order chi connectivity index (χ1) is 11.7. The molecule has 0 bridgehead atoms. The van der Waals surface area contributed by atoms with E-state index in [1.807, 2.05) is 48.5 Å². The third kappa shape index (κ3) is 3.52. The highest BCUT2D eigenvalue weighted by Crippen LogP contribution is 2.31. The van der Waals surface area contributed by atoms with Crippen molar-refractivity contribution in [3.63, 3.8) is 0 Å². The predicted molar refractivity (Wildman–Crippen MR) is 98.9 cm³/mol. The minimum absolute atomic E-state index is 0.0519. The normalized spacial score (nSPS) is 10.6. The molecule has 0 aliphatic carbocycles. The van der Waals surface area contributed by atoms with Crippen LogP contribution in [0.3, 0.4) is 0 Å². The van der Waals surface area contributed by atoms with Crippen molar-refractivity contribution in [2.45, 2.75) is 13.3 Å². The number of hydrogen-bond donors (Lipinski definition) is 1. The number of amides is 1. The van der Waals surface area contributed by atoms with Crippen LogP contribution in [0.1, 0.15) is 12.5 Å². The van der Waals surface area contributed by atoms with E-state index in [1.54, 1.807) is 12.1 Å². The van der Waals surface area contributed by atoms with Gasteiger partial charge in [0, 0.05) is 21.5 Å². The van der Waals surface area contributed by atoms with Gasteiger partial charge in [0.25, 0.3) is 5.91 Å². The predicted octanol–water partition coefficient (Wildman–Crippen LogP) is 5.07. The SMILES string of the molecule is CCc1ccccc1NC(=O)COc1ccc(Cl)c2ccccc12. The van der Waals surface area contributed by atoms with E-state index in [-0.39, 0.29) is 12.5 Å². The highest BCUT2D eigenvalue weighted by Gasteiger charge is 2.09. The van der Waals surface area contributed by atoms with Gasteiger partial charge in [-0.25, -0.2) is 0 Å². The Hall–Kier alpha value is -2.52. The van der Waals surface area contributed by atoms with E-state index in [1.165, 1.54) is 0 Å². The summed E-state index contributed by atoms with van der Waals surface area (Å²) in [5.41, 5.74) is 1.93. The summed E-state index contributed by atoms with van der Waals surface area (Å²) in [4.78, 5) is 12.2. The lowest BCUT2D eigenvalue weighted by atomic mass is 10.1. The van der Waals surface area contributed by atoms with Gasteiger partial charge in [0.15, 0.2) is 6.61 Å². The van der Waals surface area contributed by atoms with Gasteiger partial charge in [0.05, 0.1) is 0 Å². The van der Waals surface area contributed by atoms with Gasteiger partial charge >= 0.3 is 0 Å². The number of aryl methyl sites for hydroxylation is 1. The number of anilines is 1. The van der Waals surface area contributed by atoms with Gasteiger partial charge in [-0.15, -0.1) is 0 Å². The summed E-state index contributed by atoms with van der Waals surface area (Å²) in [5.74, 6) is 0.462. The third-order valence-electron chi connectivity index (χ3n) is 3.86. The largest absolute Gasteiger partial charge is 0.483 e. The fourth-order valence-corrected chi connectivity index (χ4v) is 2.87. The maximum absolute atomic E-state index is 12.2. The molecule has 0 unspecified atom stereocenters. The smallest absolute Gasteiger partial charge is 0.262 e. The standard InChI is InChI=1S/C20H18ClNO2/c1-2-14-7-3-6-10-18(14)22-20(23)13-24-19-12-11-17(21)15-8-4-5-9-16(15)19/h3-12H,2,13H2,1H3,(H,22,23). The lowest BCUT2D eigenvalue weighted by molar-refractivity contribution is -0.118. The van der Waals surface area contributed by atoms with E-state index in [0.717, 1.165) is 28.4 Å². The number of carbonyl (C=O) groups is 1. The van der Waals surface area contributed by atoms with E-state index in [4.69, 9.17) is 16.3 Å². The first-order valence-corrected chi connectivity index (χ1v) is 8.24. The Morgan fingerprint density at radius 3 is 2.50 bits per heavy atom. The maximum atomic E-state index is 12.2. The molecule has 0 radical (unpaired) electrons.